The number of fused-ring (bicyclic) bond motifs is 1. The van der Waals surface area contributed by atoms with Crippen LogP contribution in [0, 0.1) is 0 Å². The second-order valence-corrected chi connectivity index (χ2v) is 6.88. The summed E-state index contributed by atoms with van der Waals surface area (Å²) in [5.74, 6) is 0.595. The molecular formula is C24H26N2O4. The van der Waals surface area contributed by atoms with Crippen molar-refractivity contribution in [1.29, 1.82) is 0 Å². The smallest absolute Gasteiger partial charge is 0.279 e. The van der Waals surface area contributed by atoms with E-state index in [1.54, 1.807) is 31.2 Å². The Labute approximate surface area is 176 Å². The van der Waals surface area contributed by atoms with Gasteiger partial charge in [-0.2, -0.15) is 0 Å². The number of carbonyl (C=O) groups is 2. The van der Waals surface area contributed by atoms with E-state index in [-0.39, 0.29) is 12.3 Å². The second kappa shape index (κ2) is 10.3. The fraction of sp³-hybridized carbons (Fsp3) is 0.250. The maximum atomic E-state index is 12.2. The van der Waals surface area contributed by atoms with Crippen LogP contribution < -0.4 is 20.3 Å². The van der Waals surface area contributed by atoms with Gasteiger partial charge in [-0.1, -0.05) is 42.5 Å². The van der Waals surface area contributed by atoms with Crippen LogP contribution in [0.1, 0.15) is 25.8 Å². The first-order valence-electron chi connectivity index (χ1n) is 10.0. The van der Waals surface area contributed by atoms with Crippen LogP contribution in [0.2, 0.25) is 0 Å². The third-order valence-electron chi connectivity index (χ3n) is 4.60. The molecule has 0 spiro atoms. The molecule has 2 amide bonds. The number of ether oxygens (including phenoxy) is 2. The lowest BCUT2D eigenvalue weighted by molar-refractivity contribution is -0.132. The highest BCUT2D eigenvalue weighted by molar-refractivity contribution is 5.85. The van der Waals surface area contributed by atoms with Gasteiger partial charge in [-0.3, -0.25) is 20.4 Å². The summed E-state index contributed by atoms with van der Waals surface area (Å²) in [5, 5.41) is 2.31. The molecule has 0 saturated heterocycles. The van der Waals surface area contributed by atoms with Gasteiger partial charge in [0.15, 0.2) is 6.10 Å². The Kier molecular flexibility index (Phi) is 7.27. The van der Waals surface area contributed by atoms with E-state index in [4.69, 9.17) is 9.47 Å². The molecule has 0 saturated carbocycles. The van der Waals surface area contributed by atoms with E-state index < -0.39 is 12.0 Å². The van der Waals surface area contributed by atoms with Crippen molar-refractivity contribution in [1.82, 2.24) is 10.9 Å². The van der Waals surface area contributed by atoms with Crippen molar-refractivity contribution in [3.05, 3.63) is 72.3 Å². The number of nitrogens with one attached hydrogen (secondary N) is 2. The van der Waals surface area contributed by atoms with Gasteiger partial charge in [0, 0.05) is 6.42 Å². The molecule has 156 valence electrons. The zero-order chi connectivity index (χ0) is 21.3. The predicted octanol–water partition coefficient (Wildman–Crippen LogP) is 3.79. The maximum Gasteiger partial charge on any atom is 0.279 e. The zero-order valence-corrected chi connectivity index (χ0v) is 17.2. The fourth-order valence-corrected chi connectivity index (χ4v) is 2.99. The summed E-state index contributed by atoms with van der Waals surface area (Å²) in [7, 11) is 0. The molecule has 0 aliphatic rings. The minimum Gasteiger partial charge on any atom is -0.494 e. The average Bonchev–Trinajstić information content (AvgIpc) is 2.77. The molecule has 1 atom stereocenters. The molecule has 30 heavy (non-hydrogen) atoms. The summed E-state index contributed by atoms with van der Waals surface area (Å²) in [6, 6.07) is 21.2. The molecule has 3 aromatic rings. The molecule has 6 nitrogen and oxygen atoms in total. The van der Waals surface area contributed by atoms with Crippen LogP contribution in [-0.4, -0.2) is 24.5 Å². The maximum absolute atomic E-state index is 12.2. The summed E-state index contributed by atoms with van der Waals surface area (Å²) in [6.07, 6.45) is 0.0982. The molecule has 0 aliphatic heterocycles. The molecule has 2 N–H and O–H groups in total. The van der Waals surface area contributed by atoms with Crippen molar-refractivity contribution < 1.29 is 19.1 Å². The van der Waals surface area contributed by atoms with E-state index >= 15 is 0 Å². The zero-order valence-electron chi connectivity index (χ0n) is 17.2. The van der Waals surface area contributed by atoms with Crippen LogP contribution in [0.4, 0.5) is 0 Å². The Hall–Kier alpha value is -3.54. The Morgan fingerprint density at radius 1 is 0.900 bits per heavy atom. The standard InChI is InChI=1S/C24H26N2O4/c1-3-29-21-11-13-22(14-12-21)30-17(2)24(28)26-25-23(27)15-9-18-8-10-19-6-4-5-7-20(19)16-18/h4-8,10-14,16-17H,3,9,15H2,1-2H3,(H,25,27)(H,26,28). The quantitative estimate of drug-likeness (QED) is 0.558. The first kappa shape index (κ1) is 21.2. The Balaban J connectivity index is 1.42. The molecule has 0 heterocycles. The molecule has 1 unspecified atom stereocenters. The normalized spacial score (nSPS) is 11.5. The number of hydrogen-bond acceptors (Lipinski definition) is 4. The number of benzene rings is 3. The Morgan fingerprint density at radius 2 is 1.60 bits per heavy atom. The van der Waals surface area contributed by atoms with E-state index in [1.165, 1.54) is 5.39 Å². The minimum atomic E-state index is -0.760. The summed E-state index contributed by atoms with van der Waals surface area (Å²) < 4.78 is 11.0. The highest BCUT2D eigenvalue weighted by Crippen LogP contribution is 2.19. The average molecular weight is 406 g/mol. The van der Waals surface area contributed by atoms with Gasteiger partial charge >= 0.3 is 0 Å². The van der Waals surface area contributed by atoms with Crippen LogP contribution in [0.3, 0.4) is 0 Å². The van der Waals surface area contributed by atoms with Gasteiger partial charge in [-0.25, -0.2) is 0 Å². The molecule has 0 aromatic heterocycles. The van der Waals surface area contributed by atoms with Crippen LogP contribution in [0.25, 0.3) is 10.8 Å². The van der Waals surface area contributed by atoms with Gasteiger partial charge < -0.3 is 9.47 Å². The number of rotatable bonds is 8. The molecule has 3 aromatic carbocycles. The molecule has 0 aliphatic carbocycles. The molecule has 3 rings (SSSR count). The molecule has 0 fully saturated rings. The third kappa shape index (κ3) is 5.98. The molecular weight excluding hydrogens is 380 g/mol. The van der Waals surface area contributed by atoms with Crippen LogP contribution in [-0.2, 0) is 16.0 Å². The Bertz CT molecular complexity index is 1000. The number of amides is 2. The lowest BCUT2D eigenvalue weighted by Gasteiger charge is -2.15. The monoisotopic (exact) mass is 406 g/mol. The SMILES string of the molecule is CCOc1ccc(OC(C)C(=O)NNC(=O)CCc2ccc3ccccc3c2)cc1. The highest BCUT2D eigenvalue weighted by atomic mass is 16.5. The van der Waals surface area contributed by atoms with E-state index in [0.717, 1.165) is 16.7 Å². The predicted molar refractivity (Wildman–Crippen MR) is 116 cm³/mol. The van der Waals surface area contributed by atoms with Crippen LogP contribution >= 0.6 is 0 Å². The summed E-state index contributed by atoms with van der Waals surface area (Å²) >= 11 is 0. The molecule has 0 radical (unpaired) electrons. The number of carbonyl (C=O) groups excluding carboxylic acids is 2. The lowest BCUT2D eigenvalue weighted by Crippen LogP contribution is -2.47. The molecule has 0 bridgehead atoms. The van der Waals surface area contributed by atoms with E-state index in [2.05, 4.69) is 23.0 Å². The first-order valence-corrected chi connectivity index (χ1v) is 10.0. The Morgan fingerprint density at radius 3 is 2.33 bits per heavy atom. The van der Waals surface area contributed by atoms with E-state index in [1.807, 2.05) is 37.3 Å². The van der Waals surface area contributed by atoms with Crippen molar-refractivity contribution >= 4 is 22.6 Å². The first-order chi connectivity index (χ1) is 14.5. The van der Waals surface area contributed by atoms with Gasteiger partial charge in [-0.15, -0.1) is 0 Å². The topological polar surface area (TPSA) is 76.7 Å². The largest absolute Gasteiger partial charge is 0.494 e. The highest BCUT2D eigenvalue weighted by Gasteiger charge is 2.15. The van der Waals surface area contributed by atoms with E-state index in [9.17, 15) is 9.59 Å². The van der Waals surface area contributed by atoms with Crippen molar-refractivity contribution in [2.45, 2.75) is 32.8 Å². The van der Waals surface area contributed by atoms with Gasteiger partial charge in [0.2, 0.25) is 5.91 Å². The van der Waals surface area contributed by atoms with Crippen molar-refractivity contribution in [3.8, 4) is 11.5 Å². The van der Waals surface area contributed by atoms with Gasteiger partial charge in [0.05, 0.1) is 6.61 Å². The van der Waals surface area contributed by atoms with E-state index in [0.29, 0.717) is 18.8 Å². The number of aryl methyl sites for hydroxylation is 1. The number of hydrogen-bond donors (Lipinski definition) is 2. The van der Waals surface area contributed by atoms with Gasteiger partial charge in [-0.05, 0) is 60.9 Å². The van der Waals surface area contributed by atoms with Crippen molar-refractivity contribution in [3.63, 3.8) is 0 Å². The summed E-state index contributed by atoms with van der Waals surface area (Å²) in [5.41, 5.74) is 5.93. The number of hydrazine groups is 1. The minimum absolute atomic E-state index is 0.259. The fourth-order valence-electron chi connectivity index (χ4n) is 2.99. The van der Waals surface area contributed by atoms with Crippen LogP contribution in [0.5, 0.6) is 11.5 Å². The third-order valence-corrected chi connectivity index (χ3v) is 4.60. The summed E-state index contributed by atoms with van der Waals surface area (Å²) in [6.45, 7) is 4.11. The van der Waals surface area contributed by atoms with Gasteiger partial charge in [0.1, 0.15) is 11.5 Å². The van der Waals surface area contributed by atoms with Crippen LogP contribution in [0.15, 0.2) is 66.7 Å². The molecule has 6 heteroatoms. The van der Waals surface area contributed by atoms with Gasteiger partial charge in [0.25, 0.3) is 5.91 Å². The summed E-state index contributed by atoms with van der Waals surface area (Å²) in [4.78, 5) is 24.3. The second-order valence-electron chi connectivity index (χ2n) is 6.88. The lowest BCUT2D eigenvalue weighted by atomic mass is 10.0. The van der Waals surface area contributed by atoms with Crippen molar-refractivity contribution in [2.24, 2.45) is 0 Å². The van der Waals surface area contributed by atoms with Crippen molar-refractivity contribution in [2.75, 3.05) is 6.61 Å².